The molecule has 1 aliphatic rings. The number of H-pyrrole nitrogens is 2. The summed E-state index contributed by atoms with van der Waals surface area (Å²) in [6.45, 7) is -0.367. The fraction of sp³-hybridized carbons (Fsp3) is 0.455. The number of rotatable bonds is 2. The first-order valence-electron chi connectivity index (χ1n) is 5.87. The predicted octanol–water partition coefficient (Wildman–Crippen LogP) is -1.04. The summed E-state index contributed by atoms with van der Waals surface area (Å²) in [5.41, 5.74) is 0.732. The molecule has 1 fully saturated rings. The topological polar surface area (TPSA) is 114 Å². The van der Waals surface area contributed by atoms with Crippen LogP contribution in [0, 0.1) is 0 Å². The summed E-state index contributed by atoms with van der Waals surface area (Å²) in [7, 11) is 0. The normalized spacial score (nSPS) is 31.1. The van der Waals surface area contributed by atoms with Gasteiger partial charge in [-0.2, -0.15) is 0 Å². The molecule has 0 amide bonds. The Morgan fingerprint density at radius 1 is 1.42 bits per heavy atom. The molecule has 5 N–H and O–H groups in total. The molecule has 8 heteroatoms. The van der Waals surface area contributed by atoms with E-state index in [4.69, 9.17) is 5.11 Å². The van der Waals surface area contributed by atoms with Crippen LogP contribution in [0.3, 0.4) is 0 Å². The van der Waals surface area contributed by atoms with Crippen molar-refractivity contribution in [1.29, 1.82) is 0 Å². The van der Waals surface area contributed by atoms with Crippen molar-refractivity contribution < 1.29 is 14.6 Å². The molecule has 0 unspecified atom stereocenters. The van der Waals surface area contributed by atoms with Crippen molar-refractivity contribution in [2.45, 2.75) is 24.4 Å². The summed E-state index contributed by atoms with van der Waals surface area (Å²) in [5.74, 6) is 0. The SMILES string of the molecule is O=c1[nH]cnc2c([C@@H]3N[C@H](CO)[C@@H](O)[C@@H]3F)c[nH]c12. The molecule has 4 atom stereocenters. The minimum absolute atomic E-state index is 0.258. The number of hydrogen-bond donors (Lipinski definition) is 5. The minimum atomic E-state index is -1.57. The third kappa shape index (κ3) is 1.76. The Hall–Kier alpha value is -1.77. The zero-order chi connectivity index (χ0) is 13.6. The second kappa shape index (κ2) is 4.41. The van der Waals surface area contributed by atoms with Gasteiger partial charge in [0.05, 0.1) is 25.0 Å². The molecule has 0 saturated carbocycles. The highest BCUT2D eigenvalue weighted by molar-refractivity contribution is 5.78. The van der Waals surface area contributed by atoms with Crippen molar-refractivity contribution in [2.75, 3.05) is 6.61 Å². The van der Waals surface area contributed by atoms with E-state index in [1.807, 2.05) is 0 Å². The molecule has 2 aromatic rings. The molecule has 102 valence electrons. The van der Waals surface area contributed by atoms with Crippen LogP contribution in [-0.4, -0.2) is 50.1 Å². The van der Waals surface area contributed by atoms with E-state index in [1.165, 1.54) is 12.5 Å². The van der Waals surface area contributed by atoms with Gasteiger partial charge in [0.15, 0.2) is 0 Å². The predicted molar refractivity (Wildman–Crippen MR) is 64.4 cm³/mol. The lowest BCUT2D eigenvalue weighted by Crippen LogP contribution is -2.35. The van der Waals surface area contributed by atoms with E-state index in [9.17, 15) is 14.3 Å². The quantitative estimate of drug-likeness (QED) is 0.477. The number of alkyl halides is 1. The maximum Gasteiger partial charge on any atom is 0.275 e. The lowest BCUT2D eigenvalue weighted by atomic mass is 10.0. The average molecular weight is 268 g/mol. The van der Waals surface area contributed by atoms with E-state index in [0.717, 1.165) is 0 Å². The lowest BCUT2D eigenvalue weighted by molar-refractivity contribution is 0.0675. The fourth-order valence-electron chi connectivity index (χ4n) is 2.47. The van der Waals surface area contributed by atoms with Crippen molar-refractivity contribution in [3.63, 3.8) is 0 Å². The van der Waals surface area contributed by atoms with Gasteiger partial charge in [0.25, 0.3) is 5.56 Å². The summed E-state index contributed by atoms with van der Waals surface area (Å²) < 4.78 is 14.1. The van der Waals surface area contributed by atoms with E-state index in [1.54, 1.807) is 0 Å². The number of fused-ring (bicyclic) bond motifs is 1. The van der Waals surface area contributed by atoms with Crippen molar-refractivity contribution in [1.82, 2.24) is 20.3 Å². The van der Waals surface area contributed by atoms with Crippen LogP contribution < -0.4 is 10.9 Å². The summed E-state index contributed by atoms with van der Waals surface area (Å²) in [4.78, 5) is 20.7. The molecule has 1 saturated heterocycles. The van der Waals surface area contributed by atoms with Gasteiger partial charge in [-0.05, 0) is 0 Å². The zero-order valence-electron chi connectivity index (χ0n) is 9.80. The molecule has 1 aliphatic heterocycles. The van der Waals surface area contributed by atoms with Crippen LogP contribution in [0.15, 0.2) is 17.3 Å². The zero-order valence-corrected chi connectivity index (χ0v) is 9.80. The standard InChI is InChI=1S/C11H13FN4O3/c12-6-7(16-5(2-17)10(6)18)4-1-13-9-8(4)14-3-15-11(9)19/h1,3,5-7,10,13,16-18H,2H2,(H,14,15,19)/t5-,6-,7+,10-/m1/s1. The van der Waals surface area contributed by atoms with Gasteiger partial charge >= 0.3 is 0 Å². The van der Waals surface area contributed by atoms with Gasteiger partial charge in [-0.15, -0.1) is 0 Å². The van der Waals surface area contributed by atoms with Crippen LogP contribution in [-0.2, 0) is 0 Å². The monoisotopic (exact) mass is 268 g/mol. The van der Waals surface area contributed by atoms with Crippen molar-refractivity contribution in [2.24, 2.45) is 0 Å². The average Bonchev–Trinajstić information content (AvgIpc) is 2.94. The number of halogens is 1. The smallest absolute Gasteiger partial charge is 0.275 e. The Bertz CT molecular complexity index is 655. The maximum atomic E-state index is 14.1. The first-order valence-corrected chi connectivity index (χ1v) is 5.87. The molecule has 3 heterocycles. The molecule has 0 radical (unpaired) electrons. The van der Waals surface area contributed by atoms with Crippen LogP contribution >= 0.6 is 0 Å². The summed E-state index contributed by atoms with van der Waals surface area (Å²) >= 11 is 0. The molecule has 3 rings (SSSR count). The number of nitrogens with zero attached hydrogens (tertiary/aromatic N) is 1. The van der Waals surface area contributed by atoms with E-state index >= 15 is 0 Å². The lowest BCUT2D eigenvalue weighted by Gasteiger charge is -2.12. The fourth-order valence-corrected chi connectivity index (χ4v) is 2.47. The van der Waals surface area contributed by atoms with Crippen molar-refractivity contribution in [3.8, 4) is 0 Å². The summed E-state index contributed by atoms with van der Waals surface area (Å²) in [6.07, 6.45) is -0.132. The Balaban J connectivity index is 2.06. The highest BCUT2D eigenvalue weighted by Gasteiger charge is 2.43. The van der Waals surface area contributed by atoms with Gasteiger partial charge < -0.3 is 20.2 Å². The van der Waals surface area contributed by atoms with Crippen molar-refractivity contribution >= 4 is 11.0 Å². The Labute approximate surface area is 106 Å². The molecule has 0 spiro atoms. The highest BCUT2D eigenvalue weighted by atomic mass is 19.1. The van der Waals surface area contributed by atoms with Crippen LogP contribution in [0.4, 0.5) is 4.39 Å². The van der Waals surface area contributed by atoms with Crippen molar-refractivity contribution in [3.05, 3.63) is 28.4 Å². The van der Waals surface area contributed by atoms with Crippen LogP contribution in [0.1, 0.15) is 11.6 Å². The number of hydrogen-bond acceptors (Lipinski definition) is 5. The maximum absolute atomic E-state index is 14.1. The minimum Gasteiger partial charge on any atom is -0.395 e. The molecule has 0 aliphatic carbocycles. The van der Waals surface area contributed by atoms with Gasteiger partial charge in [-0.3, -0.25) is 10.1 Å². The molecule has 0 bridgehead atoms. The van der Waals surface area contributed by atoms with Crippen LogP contribution in [0.2, 0.25) is 0 Å². The number of nitrogens with one attached hydrogen (secondary N) is 3. The number of aromatic nitrogens is 3. The Kier molecular flexibility index (Phi) is 2.85. The molecule has 19 heavy (non-hydrogen) atoms. The first kappa shape index (κ1) is 12.3. The molecule has 0 aromatic carbocycles. The largest absolute Gasteiger partial charge is 0.395 e. The molecular formula is C11H13FN4O3. The van der Waals surface area contributed by atoms with E-state index < -0.39 is 24.4 Å². The molecule has 2 aromatic heterocycles. The van der Waals surface area contributed by atoms with Gasteiger partial charge in [0.1, 0.15) is 23.3 Å². The third-order valence-electron chi connectivity index (χ3n) is 3.48. The first-order chi connectivity index (χ1) is 9.13. The van der Waals surface area contributed by atoms with Gasteiger partial charge in [-0.1, -0.05) is 0 Å². The van der Waals surface area contributed by atoms with E-state index in [0.29, 0.717) is 11.1 Å². The highest BCUT2D eigenvalue weighted by Crippen LogP contribution is 2.32. The van der Waals surface area contributed by atoms with Gasteiger partial charge in [-0.25, -0.2) is 9.37 Å². The molecule has 7 nitrogen and oxygen atoms in total. The van der Waals surface area contributed by atoms with Crippen LogP contribution in [0.5, 0.6) is 0 Å². The summed E-state index contributed by atoms with van der Waals surface area (Å²) in [6, 6.07) is -1.54. The number of aromatic amines is 2. The van der Waals surface area contributed by atoms with E-state index in [-0.39, 0.29) is 17.7 Å². The Morgan fingerprint density at radius 3 is 2.89 bits per heavy atom. The van der Waals surface area contributed by atoms with Crippen LogP contribution in [0.25, 0.3) is 11.0 Å². The second-order valence-electron chi connectivity index (χ2n) is 4.57. The summed E-state index contributed by atoms with van der Waals surface area (Å²) in [5, 5.41) is 21.5. The third-order valence-corrected chi connectivity index (χ3v) is 3.48. The van der Waals surface area contributed by atoms with Gasteiger partial charge in [0, 0.05) is 11.8 Å². The number of aliphatic hydroxyl groups is 2. The second-order valence-corrected chi connectivity index (χ2v) is 4.57. The number of aliphatic hydroxyl groups excluding tert-OH is 2. The van der Waals surface area contributed by atoms with E-state index in [2.05, 4.69) is 20.3 Å². The van der Waals surface area contributed by atoms with Gasteiger partial charge in [0.2, 0.25) is 0 Å². The Morgan fingerprint density at radius 2 is 2.21 bits per heavy atom. The molecular weight excluding hydrogens is 255 g/mol.